The lowest BCUT2D eigenvalue weighted by molar-refractivity contribution is 0.0953. The van der Waals surface area contributed by atoms with Crippen molar-refractivity contribution in [1.82, 2.24) is 15.6 Å². The molecule has 27 heavy (non-hydrogen) atoms. The van der Waals surface area contributed by atoms with Gasteiger partial charge in [0.25, 0.3) is 5.91 Å². The van der Waals surface area contributed by atoms with Crippen LogP contribution in [0.5, 0.6) is 0 Å². The molecule has 0 aliphatic rings. The number of benzene rings is 2. The maximum atomic E-state index is 12.1. The molecule has 0 unspecified atom stereocenters. The van der Waals surface area contributed by atoms with Gasteiger partial charge in [0.05, 0.1) is 5.69 Å². The van der Waals surface area contributed by atoms with Crippen LogP contribution in [0, 0.1) is 6.92 Å². The topological polar surface area (TPSA) is 54.0 Å². The molecule has 3 rings (SSSR count). The number of carbonyl (C=O) groups excluding carboxylic acids is 1. The Balaban J connectivity index is 1.54. The first-order valence-corrected chi connectivity index (χ1v) is 10.1. The average molecular weight is 380 g/mol. The molecule has 1 aromatic heterocycles. The summed E-state index contributed by atoms with van der Waals surface area (Å²) in [5.41, 5.74) is 5.24. The molecular formula is C22H25N3OS. The van der Waals surface area contributed by atoms with Crippen molar-refractivity contribution in [2.75, 3.05) is 6.54 Å². The Morgan fingerprint density at radius 1 is 1.11 bits per heavy atom. The van der Waals surface area contributed by atoms with Crippen molar-refractivity contribution in [1.29, 1.82) is 0 Å². The van der Waals surface area contributed by atoms with E-state index in [4.69, 9.17) is 4.98 Å². The molecule has 0 atom stereocenters. The molecule has 0 radical (unpaired) electrons. The maximum absolute atomic E-state index is 12.1. The fourth-order valence-electron chi connectivity index (χ4n) is 2.71. The van der Waals surface area contributed by atoms with E-state index in [1.165, 1.54) is 5.56 Å². The van der Waals surface area contributed by atoms with E-state index in [1.54, 1.807) is 11.3 Å². The van der Waals surface area contributed by atoms with Crippen LogP contribution in [0.25, 0.3) is 10.6 Å². The molecule has 140 valence electrons. The minimum absolute atomic E-state index is 0.0130. The number of thiazole rings is 1. The summed E-state index contributed by atoms with van der Waals surface area (Å²) in [4.78, 5) is 16.8. The van der Waals surface area contributed by atoms with Gasteiger partial charge in [0.15, 0.2) is 0 Å². The number of nitrogens with one attached hydrogen (secondary N) is 2. The van der Waals surface area contributed by atoms with Crippen molar-refractivity contribution in [3.63, 3.8) is 0 Å². The lowest BCUT2D eigenvalue weighted by Crippen LogP contribution is -2.24. The van der Waals surface area contributed by atoms with E-state index in [0.29, 0.717) is 25.2 Å². The van der Waals surface area contributed by atoms with Gasteiger partial charge in [0, 0.05) is 36.1 Å². The molecule has 1 heterocycles. The second kappa shape index (κ2) is 9.44. The molecule has 0 bridgehead atoms. The van der Waals surface area contributed by atoms with Gasteiger partial charge in [-0.15, -0.1) is 11.3 Å². The summed E-state index contributed by atoms with van der Waals surface area (Å²) in [5.74, 6) is -0.0130. The van der Waals surface area contributed by atoms with Crippen molar-refractivity contribution in [3.05, 3.63) is 76.3 Å². The van der Waals surface area contributed by atoms with E-state index < -0.39 is 0 Å². The summed E-state index contributed by atoms with van der Waals surface area (Å²) in [6.45, 7) is 6.24. The van der Waals surface area contributed by atoms with Crippen LogP contribution in [0.4, 0.5) is 0 Å². The minimum atomic E-state index is -0.0130. The molecular weight excluding hydrogens is 354 g/mol. The number of rotatable bonds is 8. The van der Waals surface area contributed by atoms with Crippen LogP contribution in [0.15, 0.2) is 53.9 Å². The standard InChI is InChI=1S/C22H25N3OS/c1-3-11-24-21(26)19-6-4-5-17(12-19)13-23-14-20-15-27-22(25-20)18-9-7-16(2)8-10-18/h4-10,12,15,23H,3,11,13-14H2,1-2H3,(H,24,26). The van der Waals surface area contributed by atoms with Crippen LogP contribution in [-0.2, 0) is 13.1 Å². The normalized spacial score (nSPS) is 10.7. The van der Waals surface area contributed by atoms with Crippen molar-refractivity contribution < 1.29 is 4.79 Å². The first-order chi connectivity index (χ1) is 13.2. The first kappa shape index (κ1) is 19.3. The number of hydrogen-bond donors (Lipinski definition) is 2. The van der Waals surface area contributed by atoms with Crippen LogP contribution >= 0.6 is 11.3 Å². The summed E-state index contributed by atoms with van der Waals surface area (Å²) >= 11 is 1.66. The van der Waals surface area contributed by atoms with Crippen molar-refractivity contribution in [2.45, 2.75) is 33.4 Å². The van der Waals surface area contributed by atoms with E-state index in [1.807, 2.05) is 31.2 Å². The SMILES string of the molecule is CCCNC(=O)c1cccc(CNCc2csc(-c3ccc(C)cc3)n2)c1. The second-order valence-electron chi connectivity index (χ2n) is 6.57. The smallest absolute Gasteiger partial charge is 0.251 e. The molecule has 5 heteroatoms. The van der Waals surface area contributed by atoms with Gasteiger partial charge < -0.3 is 10.6 Å². The molecule has 0 saturated heterocycles. The zero-order valence-corrected chi connectivity index (χ0v) is 16.6. The molecule has 0 aliphatic heterocycles. The Kier molecular flexibility index (Phi) is 6.74. The molecule has 1 amide bonds. The lowest BCUT2D eigenvalue weighted by Gasteiger charge is -2.07. The quantitative estimate of drug-likeness (QED) is 0.604. The third kappa shape index (κ3) is 5.49. The third-order valence-corrected chi connectivity index (χ3v) is 5.15. The number of aromatic nitrogens is 1. The first-order valence-electron chi connectivity index (χ1n) is 9.25. The Bertz CT molecular complexity index is 887. The highest BCUT2D eigenvalue weighted by molar-refractivity contribution is 7.13. The molecule has 0 fully saturated rings. The Labute approximate surface area is 164 Å². The summed E-state index contributed by atoms with van der Waals surface area (Å²) in [7, 11) is 0. The Morgan fingerprint density at radius 2 is 1.93 bits per heavy atom. The van der Waals surface area contributed by atoms with Gasteiger partial charge in [-0.1, -0.05) is 48.9 Å². The van der Waals surface area contributed by atoms with Gasteiger partial charge in [0.2, 0.25) is 0 Å². The second-order valence-corrected chi connectivity index (χ2v) is 7.43. The zero-order chi connectivity index (χ0) is 19.1. The summed E-state index contributed by atoms with van der Waals surface area (Å²) < 4.78 is 0. The van der Waals surface area contributed by atoms with E-state index >= 15 is 0 Å². The van der Waals surface area contributed by atoms with Crippen LogP contribution in [-0.4, -0.2) is 17.4 Å². The highest BCUT2D eigenvalue weighted by Gasteiger charge is 2.07. The van der Waals surface area contributed by atoms with Gasteiger partial charge in [-0.25, -0.2) is 4.98 Å². The average Bonchev–Trinajstić information content (AvgIpc) is 3.16. The summed E-state index contributed by atoms with van der Waals surface area (Å²) in [6, 6.07) is 16.2. The fraction of sp³-hybridized carbons (Fsp3) is 0.273. The third-order valence-electron chi connectivity index (χ3n) is 4.21. The largest absolute Gasteiger partial charge is 0.352 e. The maximum Gasteiger partial charge on any atom is 0.251 e. The highest BCUT2D eigenvalue weighted by atomic mass is 32.1. The molecule has 0 saturated carbocycles. The number of hydrogen-bond acceptors (Lipinski definition) is 4. The van der Waals surface area contributed by atoms with E-state index in [2.05, 4.69) is 47.2 Å². The predicted octanol–water partition coefficient (Wildman–Crippen LogP) is 4.55. The highest BCUT2D eigenvalue weighted by Crippen LogP contribution is 2.24. The Hall–Kier alpha value is -2.50. The van der Waals surface area contributed by atoms with Gasteiger partial charge in [-0.05, 0) is 31.0 Å². The number of aryl methyl sites for hydroxylation is 1. The van der Waals surface area contributed by atoms with E-state index in [-0.39, 0.29) is 5.91 Å². The lowest BCUT2D eigenvalue weighted by atomic mass is 10.1. The van der Waals surface area contributed by atoms with Crippen LogP contribution in [0.1, 0.15) is 40.5 Å². The molecule has 0 spiro atoms. The van der Waals surface area contributed by atoms with Crippen molar-refractivity contribution in [3.8, 4) is 10.6 Å². The van der Waals surface area contributed by atoms with E-state index in [0.717, 1.165) is 28.2 Å². The van der Waals surface area contributed by atoms with Gasteiger partial charge in [-0.3, -0.25) is 4.79 Å². The van der Waals surface area contributed by atoms with Crippen LogP contribution < -0.4 is 10.6 Å². The summed E-state index contributed by atoms with van der Waals surface area (Å²) in [5, 5.41) is 9.46. The number of amides is 1. The van der Waals surface area contributed by atoms with Gasteiger partial charge in [-0.2, -0.15) is 0 Å². The van der Waals surface area contributed by atoms with Crippen molar-refractivity contribution >= 4 is 17.2 Å². The fourth-order valence-corrected chi connectivity index (χ4v) is 3.54. The monoisotopic (exact) mass is 379 g/mol. The molecule has 2 aromatic carbocycles. The zero-order valence-electron chi connectivity index (χ0n) is 15.8. The van der Waals surface area contributed by atoms with E-state index in [9.17, 15) is 4.79 Å². The van der Waals surface area contributed by atoms with Crippen LogP contribution in [0.2, 0.25) is 0 Å². The van der Waals surface area contributed by atoms with Crippen LogP contribution in [0.3, 0.4) is 0 Å². The number of carbonyl (C=O) groups is 1. The molecule has 0 aliphatic carbocycles. The number of nitrogens with zero attached hydrogens (tertiary/aromatic N) is 1. The van der Waals surface area contributed by atoms with Crippen molar-refractivity contribution in [2.24, 2.45) is 0 Å². The summed E-state index contributed by atoms with van der Waals surface area (Å²) in [6.07, 6.45) is 0.936. The Morgan fingerprint density at radius 3 is 2.70 bits per heavy atom. The van der Waals surface area contributed by atoms with Gasteiger partial charge in [0.1, 0.15) is 5.01 Å². The molecule has 2 N–H and O–H groups in total. The minimum Gasteiger partial charge on any atom is -0.352 e. The molecule has 4 nitrogen and oxygen atoms in total. The van der Waals surface area contributed by atoms with Gasteiger partial charge >= 0.3 is 0 Å². The molecule has 3 aromatic rings. The predicted molar refractivity (Wildman–Crippen MR) is 112 cm³/mol.